The molecule has 0 saturated carbocycles. The number of ether oxygens (including phenoxy) is 1. The summed E-state index contributed by atoms with van der Waals surface area (Å²) in [6.07, 6.45) is -4.88. The van der Waals surface area contributed by atoms with Crippen LogP contribution in [0.1, 0.15) is 0 Å². The number of hydrogen-bond donors (Lipinski definition) is 1. The van der Waals surface area contributed by atoms with Gasteiger partial charge in [0.15, 0.2) is 0 Å². The predicted molar refractivity (Wildman–Crippen MR) is 38.5 cm³/mol. The van der Waals surface area contributed by atoms with Crippen LogP contribution in [0.15, 0.2) is 0 Å². The zero-order chi connectivity index (χ0) is 10.5. The summed E-state index contributed by atoms with van der Waals surface area (Å²) in [6, 6.07) is 0. The Morgan fingerprint density at radius 2 is 1.92 bits per heavy atom. The summed E-state index contributed by atoms with van der Waals surface area (Å²) < 4.78 is 51.4. The SMILES string of the molecule is OC(CCl)COCC(F)(F)C(F)F. The molecule has 0 amide bonds. The molecule has 1 atom stereocenters. The molecule has 0 aliphatic rings. The predicted octanol–water partition coefficient (Wildman–Crippen LogP) is 1.50. The van der Waals surface area contributed by atoms with Crippen molar-refractivity contribution in [2.24, 2.45) is 0 Å². The highest BCUT2D eigenvalue weighted by atomic mass is 35.5. The number of rotatable bonds is 6. The van der Waals surface area contributed by atoms with E-state index in [9.17, 15) is 17.6 Å². The Kier molecular flexibility index (Phi) is 5.59. The van der Waals surface area contributed by atoms with E-state index in [1.54, 1.807) is 0 Å². The standard InChI is InChI=1S/C6H9ClF4O2/c7-1-4(12)2-13-3-6(10,11)5(8)9/h4-5,12H,1-3H2. The molecule has 80 valence electrons. The van der Waals surface area contributed by atoms with Gasteiger partial charge in [0.2, 0.25) is 0 Å². The maximum absolute atomic E-state index is 12.1. The highest BCUT2D eigenvalue weighted by Crippen LogP contribution is 2.22. The van der Waals surface area contributed by atoms with E-state index in [2.05, 4.69) is 4.74 Å². The van der Waals surface area contributed by atoms with Gasteiger partial charge < -0.3 is 9.84 Å². The van der Waals surface area contributed by atoms with Crippen LogP contribution in [-0.4, -0.2) is 42.7 Å². The molecule has 13 heavy (non-hydrogen) atoms. The Labute approximate surface area is 77.4 Å². The molecule has 0 bridgehead atoms. The van der Waals surface area contributed by atoms with Crippen molar-refractivity contribution in [3.63, 3.8) is 0 Å². The second-order valence-electron chi connectivity index (χ2n) is 2.38. The van der Waals surface area contributed by atoms with Gasteiger partial charge in [0.25, 0.3) is 0 Å². The van der Waals surface area contributed by atoms with Crippen molar-refractivity contribution in [1.29, 1.82) is 0 Å². The van der Waals surface area contributed by atoms with Crippen LogP contribution in [-0.2, 0) is 4.74 Å². The Bertz CT molecular complexity index is 145. The molecule has 1 unspecified atom stereocenters. The van der Waals surface area contributed by atoms with Gasteiger partial charge in [0.1, 0.15) is 6.61 Å². The smallest absolute Gasteiger partial charge is 0.330 e. The molecule has 7 heteroatoms. The fraction of sp³-hybridized carbons (Fsp3) is 1.00. The van der Waals surface area contributed by atoms with Gasteiger partial charge in [-0.2, -0.15) is 8.78 Å². The second-order valence-corrected chi connectivity index (χ2v) is 2.69. The molecule has 0 aromatic carbocycles. The Morgan fingerprint density at radius 3 is 2.31 bits per heavy atom. The molecule has 0 heterocycles. The summed E-state index contributed by atoms with van der Waals surface area (Å²) in [4.78, 5) is 0. The van der Waals surface area contributed by atoms with E-state index in [0.29, 0.717) is 0 Å². The van der Waals surface area contributed by atoms with Crippen LogP contribution in [0.4, 0.5) is 17.6 Å². The lowest BCUT2D eigenvalue weighted by molar-refractivity contribution is -0.169. The molecule has 0 aromatic rings. The van der Waals surface area contributed by atoms with Gasteiger partial charge in [0, 0.05) is 0 Å². The van der Waals surface area contributed by atoms with Crippen molar-refractivity contribution in [2.75, 3.05) is 19.1 Å². The lowest BCUT2D eigenvalue weighted by Gasteiger charge is -2.16. The molecular formula is C6H9ClF4O2. The molecular weight excluding hydrogens is 216 g/mol. The molecule has 1 N–H and O–H groups in total. The third-order valence-electron chi connectivity index (χ3n) is 1.10. The number of hydrogen-bond acceptors (Lipinski definition) is 2. The largest absolute Gasteiger partial charge is 0.389 e. The number of halogens is 5. The maximum atomic E-state index is 12.1. The van der Waals surface area contributed by atoms with Crippen molar-refractivity contribution in [2.45, 2.75) is 18.5 Å². The average Bonchev–Trinajstić information content (AvgIpc) is 2.03. The van der Waals surface area contributed by atoms with E-state index < -0.39 is 31.7 Å². The normalized spacial score (nSPS) is 15.0. The van der Waals surface area contributed by atoms with Crippen molar-refractivity contribution in [1.82, 2.24) is 0 Å². The van der Waals surface area contributed by atoms with E-state index in [1.807, 2.05) is 0 Å². The third-order valence-corrected chi connectivity index (χ3v) is 1.46. The molecule has 0 aliphatic carbocycles. The summed E-state index contributed by atoms with van der Waals surface area (Å²) in [6.45, 7) is -1.90. The molecule has 0 rings (SSSR count). The topological polar surface area (TPSA) is 29.5 Å². The molecule has 2 nitrogen and oxygen atoms in total. The molecule has 0 fully saturated rings. The first-order valence-corrected chi connectivity index (χ1v) is 3.91. The van der Waals surface area contributed by atoms with Gasteiger partial charge in [-0.05, 0) is 0 Å². The minimum atomic E-state index is -4.17. The summed E-state index contributed by atoms with van der Waals surface area (Å²) in [5.74, 6) is -4.37. The van der Waals surface area contributed by atoms with Crippen LogP contribution in [0.5, 0.6) is 0 Å². The highest BCUT2D eigenvalue weighted by Gasteiger charge is 2.40. The first-order chi connectivity index (χ1) is 5.90. The molecule has 0 saturated heterocycles. The van der Waals surface area contributed by atoms with E-state index in [1.165, 1.54) is 0 Å². The monoisotopic (exact) mass is 224 g/mol. The Morgan fingerprint density at radius 1 is 1.38 bits per heavy atom. The van der Waals surface area contributed by atoms with Gasteiger partial charge in [-0.1, -0.05) is 0 Å². The van der Waals surface area contributed by atoms with Gasteiger partial charge in [0.05, 0.1) is 18.6 Å². The van der Waals surface area contributed by atoms with Crippen LogP contribution < -0.4 is 0 Å². The molecule has 0 aliphatic heterocycles. The summed E-state index contributed by atoms with van der Waals surface area (Å²) in [5.41, 5.74) is 0. The van der Waals surface area contributed by atoms with Crippen molar-refractivity contribution >= 4 is 11.6 Å². The lowest BCUT2D eigenvalue weighted by atomic mass is 10.4. The maximum Gasteiger partial charge on any atom is 0.330 e. The number of aliphatic hydroxyl groups excluding tert-OH is 1. The zero-order valence-corrected chi connectivity index (χ0v) is 7.28. The second kappa shape index (κ2) is 5.62. The van der Waals surface area contributed by atoms with Crippen molar-refractivity contribution in [3.8, 4) is 0 Å². The molecule has 0 aromatic heterocycles. The van der Waals surface area contributed by atoms with Crippen LogP contribution in [0.2, 0.25) is 0 Å². The average molecular weight is 225 g/mol. The molecule has 0 spiro atoms. The van der Waals surface area contributed by atoms with Gasteiger partial charge in [-0.3, -0.25) is 0 Å². The van der Waals surface area contributed by atoms with E-state index in [0.717, 1.165) is 0 Å². The fourth-order valence-corrected chi connectivity index (χ4v) is 0.528. The van der Waals surface area contributed by atoms with Crippen LogP contribution in [0, 0.1) is 0 Å². The van der Waals surface area contributed by atoms with E-state index in [4.69, 9.17) is 16.7 Å². The zero-order valence-electron chi connectivity index (χ0n) is 6.52. The van der Waals surface area contributed by atoms with Gasteiger partial charge in [-0.25, -0.2) is 8.78 Å². The quantitative estimate of drug-likeness (QED) is 0.547. The fourth-order valence-electron chi connectivity index (χ4n) is 0.439. The minimum Gasteiger partial charge on any atom is -0.389 e. The number of aliphatic hydroxyl groups is 1. The van der Waals surface area contributed by atoms with Crippen LogP contribution in [0.3, 0.4) is 0 Å². The van der Waals surface area contributed by atoms with E-state index in [-0.39, 0.29) is 5.88 Å². The summed E-state index contributed by atoms with van der Waals surface area (Å²) in [5, 5.41) is 8.70. The van der Waals surface area contributed by atoms with Crippen LogP contribution >= 0.6 is 11.6 Å². The van der Waals surface area contributed by atoms with Crippen molar-refractivity contribution in [3.05, 3.63) is 0 Å². The van der Waals surface area contributed by atoms with Crippen LogP contribution in [0.25, 0.3) is 0 Å². The highest BCUT2D eigenvalue weighted by molar-refractivity contribution is 6.18. The summed E-state index contributed by atoms with van der Waals surface area (Å²) >= 11 is 5.10. The minimum absolute atomic E-state index is 0.194. The Hall–Kier alpha value is -0.0700. The first-order valence-electron chi connectivity index (χ1n) is 3.38. The lowest BCUT2D eigenvalue weighted by Crippen LogP contribution is -2.34. The van der Waals surface area contributed by atoms with Crippen molar-refractivity contribution < 1.29 is 27.4 Å². The summed E-state index contributed by atoms with van der Waals surface area (Å²) in [7, 11) is 0. The Balaban J connectivity index is 3.63. The van der Waals surface area contributed by atoms with Gasteiger partial charge >= 0.3 is 12.3 Å². The third kappa shape index (κ3) is 5.28. The van der Waals surface area contributed by atoms with Gasteiger partial charge in [-0.15, -0.1) is 11.6 Å². The first kappa shape index (κ1) is 12.9. The van der Waals surface area contributed by atoms with E-state index >= 15 is 0 Å². The molecule has 0 radical (unpaired) electrons. The number of alkyl halides is 5.